The molecule has 2 bridgehead atoms. The first kappa shape index (κ1) is 18.8. The third-order valence-corrected chi connectivity index (χ3v) is 5.09. The minimum Gasteiger partial charge on any atom is -0.358 e. The second-order valence-electron chi connectivity index (χ2n) is 6.54. The van der Waals surface area contributed by atoms with Crippen molar-refractivity contribution in [3.8, 4) is 0 Å². The summed E-state index contributed by atoms with van der Waals surface area (Å²) in [6.45, 7) is 2.98. The van der Waals surface area contributed by atoms with E-state index >= 15 is 0 Å². The molecule has 0 aromatic rings. The van der Waals surface area contributed by atoms with Gasteiger partial charge in [0.1, 0.15) is 12.1 Å². The molecule has 0 aromatic heterocycles. The molecule has 3 saturated heterocycles. The minimum absolute atomic E-state index is 0.122. The Bertz CT molecular complexity index is 714. The Labute approximate surface area is 150 Å². The lowest BCUT2D eigenvalue weighted by Crippen LogP contribution is -2.50. The maximum Gasteiger partial charge on any atom is 0.418 e. The van der Waals surface area contributed by atoms with Gasteiger partial charge in [-0.2, -0.15) is 13.5 Å². The molecule has 3 aliphatic heterocycles. The predicted molar refractivity (Wildman–Crippen MR) is 86.0 cm³/mol. The van der Waals surface area contributed by atoms with E-state index in [0.29, 0.717) is 43.3 Å². The molecule has 3 aliphatic rings. The fourth-order valence-corrected chi connectivity index (χ4v) is 3.83. The zero-order chi connectivity index (χ0) is 19.1. The fraction of sp³-hybridized carbons (Fsp3) is 0.769. The van der Waals surface area contributed by atoms with Crippen molar-refractivity contribution >= 4 is 28.2 Å². The average molecular weight is 391 g/mol. The van der Waals surface area contributed by atoms with Gasteiger partial charge in [-0.25, -0.2) is 10.3 Å². The Morgan fingerprint density at radius 2 is 2.04 bits per heavy atom. The average Bonchev–Trinajstić information content (AvgIpc) is 3.12. The van der Waals surface area contributed by atoms with Crippen molar-refractivity contribution in [1.29, 1.82) is 5.41 Å². The zero-order valence-electron chi connectivity index (χ0n) is 14.1. The van der Waals surface area contributed by atoms with Crippen LogP contribution in [-0.4, -0.2) is 83.4 Å². The Hall–Kier alpha value is -1.96. The maximum absolute atomic E-state index is 12.4. The summed E-state index contributed by atoms with van der Waals surface area (Å²) < 4.78 is 34.8. The van der Waals surface area contributed by atoms with Gasteiger partial charge in [0.05, 0.1) is 11.9 Å². The monoisotopic (exact) mass is 391 g/mol. The number of rotatable bonds is 5. The van der Waals surface area contributed by atoms with Gasteiger partial charge in [-0.3, -0.25) is 19.6 Å². The van der Waals surface area contributed by atoms with Gasteiger partial charge in [-0.05, 0) is 26.2 Å². The van der Waals surface area contributed by atoms with Crippen LogP contribution in [0.25, 0.3) is 0 Å². The number of hydroxylamine groups is 3. The Morgan fingerprint density at radius 1 is 1.31 bits per heavy atom. The van der Waals surface area contributed by atoms with Crippen LogP contribution in [0.5, 0.6) is 0 Å². The standard InChI is InChI=1S/C13H21N5O7S/c1-8(14)16-5-4-10(7-16)24-15-12(19)11-3-2-9-6-17(11)13(20)18(9)25-26(21,22)23/h9-11,14H,2-7H2,1H3,(H,15,19)(H,21,22,23)/t9-,10?,11+/m1/s1. The smallest absolute Gasteiger partial charge is 0.358 e. The van der Waals surface area contributed by atoms with Gasteiger partial charge in [-0.15, -0.1) is 4.28 Å². The van der Waals surface area contributed by atoms with E-state index in [9.17, 15) is 18.0 Å². The summed E-state index contributed by atoms with van der Waals surface area (Å²) in [5.41, 5.74) is 2.36. The number of nitrogens with one attached hydrogen (secondary N) is 2. The highest BCUT2D eigenvalue weighted by Gasteiger charge is 2.49. The summed E-state index contributed by atoms with van der Waals surface area (Å²) in [5, 5.41) is 8.17. The number of likely N-dealkylation sites (tertiary alicyclic amines) is 1. The number of carbonyl (C=O) groups excluding carboxylic acids is 2. The van der Waals surface area contributed by atoms with Crippen LogP contribution in [0.15, 0.2) is 0 Å². The lowest BCUT2D eigenvalue weighted by Gasteiger charge is -2.29. The van der Waals surface area contributed by atoms with E-state index in [1.807, 2.05) is 4.90 Å². The molecule has 12 nitrogen and oxygen atoms in total. The molecule has 0 radical (unpaired) electrons. The van der Waals surface area contributed by atoms with E-state index in [-0.39, 0.29) is 12.6 Å². The summed E-state index contributed by atoms with van der Waals surface area (Å²) in [5.74, 6) is -0.0714. The predicted octanol–water partition coefficient (Wildman–Crippen LogP) is -0.891. The lowest BCUT2D eigenvalue weighted by molar-refractivity contribution is -0.143. The van der Waals surface area contributed by atoms with Crippen LogP contribution in [0.1, 0.15) is 26.2 Å². The van der Waals surface area contributed by atoms with Gasteiger partial charge < -0.3 is 9.80 Å². The molecule has 1 unspecified atom stereocenters. The zero-order valence-corrected chi connectivity index (χ0v) is 14.9. The van der Waals surface area contributed by atoms with Crippen molar-refractivity contribution in [2.45, 2.75) is 44.4 Å². The van der Waals surface area contributed by atoms with E-state index in [1.165, 1.54) is 4.90 Å². The normalized spacial score (nSPS) is 28.6. The first-order valence-electron chi connectivity index (χ1n) is 8.18. The second kappa shape index (κ2) is 6.98. The van der Waals surface area contributed by atoms with Gasteiger partial charge in [-0.1, -0.05) is 0 Å². The molecule has 3 heterocycles. The number of nitrogens with zero attached hydrogens (tertiary/aromatic N) is 3. The first-order chi connectivity index (χ1) is 12.2. The molecule has 3 amide bonds. The van der Waals surface area contributed by atoms with E-state index in [4.69, 9.17) is 14.8 Å². The number of amidine groups is 1. The van der Waals surface area contributed by atoms with Crippen LogP contribution in [0, 0.1) is 5.41 Å². The van der Waals surface area contributed by atoms with Crippen LogP contribution in [0.3, 0.4) is 0 Å². The molecule has 0 aliphatic carbocycles. The number of urea groups is 1. The van der Waals surface area contributed by atoms with E-state index in [2.05, 4.69) is 9.76 Å². The molecule has 3 rings (SSSR count). The maximum atomic E-state index is 12.4. The number of piperidine rings is 1. The molecule has 0 spiro atoms. The molecule has 0 saturated carbocycles. The summed E-state index contributed by atoms with van der Waals surface area (Å²) in [6.07, 6.45) is 1.08. The highest BCUT2D eigenvalue weighted by Crippen LogP contribution is 2.30. The third-order valence-electron chi connectivity index (χ3n) is 4.75. The van der Waals surface area contributed by atoms with Crippen molar-refractivity contribution in [3.05, 3.63) is 0 Å². The molecular formula is C13H21N5O7S. The van der Waals surface area contributed by atoms with Crippen molar-refractivity contribution in [2.24, 2.45) is 0 Å². The van der Waals surface area contributed by atoms with E-state index in [0.717, 1.165) is 0 Å². The molecule has 13 heteroatoms. The largest absolute Gasteiger partial charge is 0.418 e. The molecule has 3 atom stereocenters. The summed E-state index contributed by atoms with van der Waals surface area (Å²) in [4.78, 5) is 33.1. The Balaban J connectivity index is 1.55. The Morgan fingerprint density at radius 3 is 2.65 bits per heavy atom. The lowest BCUT2D eigenvalue weighted by atomic mass is 10.0. The summed E-state index contributed by atoms with van der Waals surface area (Å²) >= 11 is 0. The van der Waals surface area contributed by atoms with E-state index in [1.54, 1.807) is 6.92 Å². The first-order valence-corrected chi connectivity index (χ1v) is 9.54. The number of fused-ring (bicyclic) bond motifs is 2. The van der Waals surface area contributed by atoms with Crippen LogP contribution in [0.4, 0.5) is 4.79 Å². The summed E-state index contributed by atoms with van der Waals surface area (Å²) in [7, 11) is -4.82. The van der Waals surface area contributed by atoms with Crippen LogP contribution < -0.4 is 5.48 Å². The minimum atomic E-state index is -4.82. The highest BCUT2D eigenvalue weighted by molar-refractivity contribution is 7.80. The van der Waals surface area contributed by atoms with Crippen LogP contribution in [-0.2, 0) is 24.3 Å². The fourth-order valence-electron chi connectivity index (χ4n) is 3.44. The molecule has 26 heavy (non-hydrogen) atoms. The van der Waals surface area contributed by atoms with Crippen molar-refractivity contribution in [3.63, 3.8) is 0 Å². The van der Waals surface area contributed by atoms with Crippen molar-refractivity contribution in [1.82, 2.24) is 20.3 Å². The highest BCUT2D eigenvalue weighted by atomic mass is 32.3. The van der Waals surface area contributed by atoms with Gasteiger partial charge in [0, 0.05) is 19.6 Å². The molecule has 146 valence electrons. The molecular weight excluding hydrogens is 370 g/mol. The number of amides is 3. The van der Waals surface area contributed by atoms with Gasteiger partial charge in [0.2, 0.25) is 0 Å². The second-order valence-corrected chi connectivity index (χ2v) is 7.54. The molecule has 3 N–H and O–H groups in total. The third kappa shape index (κ3) is 3.90. The van der Waals surface area contributed by atoms with Crippen molar-refractivity contribution < 1.29 is 31.7 Å². The van der Waals surface area contributed by atoms with E-state index < -0.39 is 34.4 Å². The molecule has 0 aromatic carbocycles. The van der Waals surface area contributed by atoms with Gasteiger partial charge >= 0.3 is 16.4 Å². The van der Waals surface area contributed by atoms with Crippen LogP contribution in [0.2, 0.25) is 0 Å². The SMILES string of the molecule is CC(=N)N1CCC(ONC(=O)[C@@H]2CC[C@@H]3CN2C(=O)N3OS(=O)(=O)O)C1. The Kier molecular flexibility index (Phi) is 5.05. The van der Waals surface area contributed by atoms with Gasteiger partial charge in [0.25, 0.3) is 5.91 Å². The van der Waals surface area contributed by atoms with Crippen molar-refractivity contribution in [2.75, 3.05) is 19.6 Å². The van der Waals surface area contributed by atoms with Crippen LogP contribution >= 0.6 is 0 Å². The number of hydrogen-bond donors (Lipinski definition) is 3. The quantitative estimate of drug-likeness (QED) is 0.236. The van der Waals surface area contributed by atoms with Gasteiger partial charge in [0.15, 0.2) is 0 Å². The topological polar surface area (TPSA) is 153 Å². The number of hydrogen-bond acceptors (Lipinski definition) is 7. The summed E-state index contributed by atoms with van der Waals surface area (Å²) in [6, 6.07) is -2.15. The molecule has 3 fully saturated rings. The number of carbonyl (C=O) groups is 2.